The first-order valence-electron chi connectivity index (χ1n) is 8.15. The summed E-state index contributed by atoms with van der Waals surface area (Å²) in [5.74, 6) is 1.73. The SMILES string of the molecule is COc1ccccc1NC(=S)N=Nc1c(O)[nH]c2cc3c(cc12)OCCO3. The maximum absolute atomic E-state index is 10.2. The number of anilines is 1. The van der Waals surface area contributed by atoms with Crippen molar-refractivity contribution in [3.05, 3.63) is 36.4 Å². The third-order valence-electron chi connectivity index (χ3n) is 4.00. The van der Waals surface area contributed by atoms with Crippen LogP contribution in [-0.4, -0.2) is 35.5 Å². The molecular formula is C18H16N4O4S. The van der Waals surface area contributed by atoms with Crippen molar-refractivity contribution < 1.29 is 19.3 Å². The number of azo groups is 1. The molecule has 0 bridgehead atoms. The highest BCUT2D eigenvalue weighted by Gasteiger charge is 2.18. The van der Waals surface area contributed by atoms with E-state index < -0.39 is 0 Å². The van der Waals surface area contributed by atoms with Gasteiger partial charge in [0.25, 0.3) is 0 Å². The first-order chi connectivity index (χ1) is 13.2. The minimum Gasteiger partial charge on any atom is -0.495 e. The molecule has 0 spiro atoms. The third kappa shape index (κ3) is 3.36. The van der Waals surface area contributed by atoms with Gasteiger partial charge >= 0.3 is 0 Å². The molecule has 0 unspecified atom stereocenters. The predicted octanol–water partition coefficient (Wildman–Crippen LogP) is 4.13. The zero-order chi connectivity index (χ0) is 18.8. The summed E-state index contributed by atoms with van der Waals surface area (Å²) in [6, 6.07) is 10.8. The van der Waals surface area contributed by atoms with Gasteiger partial charge in [-0.15, -0.1) is 10.2 Å². The topological polar surface area (TPSA) is 100 Å². The Bertz CT molecular complexity index is 1050. The van der Waals surface area contributed by atoms with Gasteiger partial charge in [0.2, 0.25) is 11.0 Å². The van der Waals surface area contributed by atoms with Gasteiger partial charge in [-0.05, 0) is 30.4 Å². The number of aromatic amines is 1. The summed E-state index contributed by atoms with van der Waals surface area (Å²) in [5.41, 5.74) is 1.60. The predicted molar refractivity (Wildman–Crippen MR) is 105 cm³/mol. The molecule has 3 N–H and O–H groups in total. The minimum atomic E-state index is -0.115. The second-order valence-corrected chi connectivity index (χ2v) is 6.08. The molecule has 3 aromatic rings. The zero-order valence-corrected chi connectivity index (χ0v) is 15.2. The number of nitrogens with one attached hydrogen (secondary N) is 2. The quantitative estimate of drug-likeness (QED) is 0.464. The van der Waals surface area contributed by atoms with E-state index in [0.29, 0.717) is 47.1 Å². The van der Waals surface area contributed by atoms with E-state index in [0.717, 1.165) is 0 Å². The maximum Gasteiger partial charge on any atom is 0.218 e. The van der Waals surface area contributed by atoms with Crippen LogP contribution in [0.3, 0.4) is 0 Å². The van der Waals surface area contributed by atoms with E-state index >= 15 is 0 Å². The van der Waals surface area contributed by atoms with E-state index in [2.05, 4.69) is 20.5 Å². The van der Waals surface area contributed by atoms with Crippen LogP contribution in [0.25, 0.3) is 10.9 Å². The number of hydrogen-bond acceptors (Lipinski definition) is 6. The van der Waals surface area contributed by atoms with Gasteiger partial charge in [0.1, 0.15) is 19.0 Å². The zero-order valence-electron chi connectivity index (χ0n) is 14.4. The fourth-order valence-corrected chi connectivity index (χ4v) is 2.94. The number of nitrogens with zero attached hydrogens (tertiary/aromatic N) is 2. The summed E-state index contributed by atoms with van der Waals surface area (Å²) < 4.78 is 16.4. The second kappa shape index (κ2) is 7.12. The Morgan fingerprint density at radius 1 is 1.22 bits per heavy atom. The van der Waals surface area contributed by atoms with E-state index in [1.54, 1.807) is 25.3 Å². The molecule has 4 rings (SSSR count). The Labute approximate surface area is 159 Å². The molecule has 2 aromatic carbocycles. The normalized spacial score (nSPS) is 13.1. The van der Waals surface area contributed by atoms with Gasteiger partial charge in [-0.25, -0.2) is 0 Å². The molecule has 0 fully saturated rings. The van der Waals surface area contributed by atoms with Crippen molar-refractivity contribution in [1.29, 1.82) is 0 Å². The van der Waals surface area contributed by atoms with Crippen LogP contribution >= 0.6 is 12.2 Å². The molecule has 0 atom stereocenters. The maximum atomic E-state index is 10.2. The van der Waals surface area contributed by atoms with Crippen LogP contribution in [0.15, 0.2) is 46.6 Å². The lowest BCUT2D eigenvalue weighted by Gasteiger charge is -2.18. The van der Waals surface area contributed by atoms with Gasteiger partial charge in [0, 0.05) is 11.5 Å². The number of fused-ring (bicyclic) bond motifs is 2. The highest BCUT2D eigenvalue weighted by molar-refractivity contribution is 7.80. The van der Waals surface area contributed by atoms with E-state index in [4.69, 9.17) is 26.4 Å². The van der Waals surface area contributed by atoms with Crippen LogP contribution in [0, 0.1) is 0 Å². The van der Waals surface area contributed by atoms with Gasteiger partial charge in [0.15, 0.2) is 17.2 Å². The summed E-state index contributed by atoms with van der Waals surface area (Å²) in [4.78, 5) is 2.85. The molecule has 0 saturated heterocycles. The average molecular weight is 384 g/mol. The second-order valence-electron chi connectivity index (χ2n) is 5.69. The van der Waals surface area contributed by atoms with Crippen molar-refractivity contribution in [2.24, 2.45) is 10.2 Å². The fourth-order valence-electron chi connectivity index (χ4n) is 2.79. The number of aromatic hydroxyl groups is 1. The van der Waals surface area contributed by atoms with Crippen molar-refractivity contribution in [1.82, 2.24) is 4.98 Å². The Morgan fingerprint density at radius 2 is 1.96 bits per heavy atom. The monoisotopic (exact) mass is 384 g/mol. The summed E-state index contributed by atoms with van der Waals surface area (Å²) in [6.07, 6.45) is 0. The number of benzene rings is 2. The number of hydrogen-bond donors (Lipinski definition) is 3. The lowest BCUT2D eigenvalue weighted by atomic mass is 10.2. The van der Waals surface area contributed by atoms with Crippen LogP contribution < -0.4 is 19.5 Å². The molecule has 1 aromatic heterocycles. The molecule has 27 heavy (non-hydrogen) atoms. The first-order valence-corrected chi connectivity index (χ1v) is 8.56. The number of H-pyrrole nitrogens is 1. The molecule has 9 heteroatoms. The standard InChI is InChI=1S/C18H16N4O4S/c1-24-13-5-3-2-4-11(13)20-18(27)22-21-16-10-8-14-15(26-7-6-25-14)9-12(10)19-17(16)23/h2-5,8-9,19,23H,6-7H2,1H3,(H,20,27). The molecule has 0 amide bonds. The van der Waals surface area contributed by atoms with Crippen LogP contribution in [0.1, 0.15) is 0 Å². The van der Waals surface area contributed by atoms with E-state index in [-0.39, 0.29) is 16.7 Å². The van der Waals surface area contributed by atoms with Crippen LogP contribution in [0.4, 0.5) is 11.4 Å². The summed E-state index contributed by atoms with van der Waals surface area (Å²) in [6.45, 7) is 0.958. The van der Waals surface area contributed by atoms with Crippen LogP contribution in [0.5, 0.6) is 23.1 Å². The molecule has 0 aliphatic carbocycles. The van der Waals surface area contributed by atoms with E-state index in [9.17, 15) is 5.11 Å². The highest BCUT2D eigenvalue weighted by atomic mass is 32.1. The molecule has 1 aliphatic rings. The molecule has 138 valence electrons. The van der Waals surface area contributed by atoms with Crippen molar-refractivity contribution >= 4 is 39.6 Å². The molecule has 1 aliphatic heterocycles. The molecule has 0 saturated carbocycles. The fraction of sp³-hybridized carbons (Fsp3) is 0.167. The Morgan fingerprint density at radius 3 is 2.74 bits per heavy atom. The van der Waals surface area contributed by atoms with Gasteiger partial charge in [-0.2, -0.15) is 0 Å². The van der Waals surface area contributed by atoms with Crippen molar-refractivity contribution in [3.8, 4) is 23.1 Å². The Kier molecular flexibility index (Phi) is 4.51. The van der Waals surface area contributed by atoms with Crippen molar-refractivity contribution in [2.75, 3.05) is 25.6 Å². The summed E-state index contributed by atoms with van der Waals surface area (Å²) >= 11 is 5.22. The smallest absolute Gasteiger partial charge is 0.218 e. The molecule has 8 nitrogen and oxygen atoms in total. The number of methoxy groups -OCH3 is 1. The molecule has 2 heterocycles. The highest BCUT2D eigenvalue weighted by Crippen LogP contribution is 2.42. The van der Waals surface area contributed by atoms with Gasteiger partial charge in [0.05, 0.1) is 18.3 Å². The molecule has 0 radical (unpaired) electrons. The van der Waals surface area contributed by atoms with Gasteiger partial charge < -0.3 is 29.6 Å². The van der Waals surface area contributed by atoms with E-state index in [1.807, 2.05) is 18.2 Å². The molecular weight excluding hydrogens is 368 g/mol. The number of aromatic nitrogens is 1. The number of para-hydroxylation sites is 2. The Hall–Kier alpha value is -3.33. The number of ether oxygens (including phenoxy) is 3. The van der Waals surface area contributed by atoms with E-state index in [1.165, 1.54) is 0 Å². The summed E-state index contributed by atoms with van der Waals surface area (Å²) in [7, 11) is 1.57. The average Bonchev–Trinajstić information content (AvgIpc) is 2.99. The van der Waals surface area contributed by atoms with Crippen molar-refractivity contribution in [2.45, 2.75) is 0 Å². The van der Waals surface area contributed by atoms with Crippen LogP contribution in [-0.2, 0) is 0 Å². The summed E-state index contributed by atoms with van der Waals surface area (Å²) in [5, 5.41) is 22.0. The van der Waals surface area contributed by atoms with Crippen molar-refractivity contribution in [3.63, 3.8) is 0 Å². The minimum absolute atomic E-state index is 0.115. The van der Waals surface area contributed by atoms with Crippen LogP contribution in [0.2, 0.25) is 0 Å². The first kappa shape index (κ1) is 17.1. The van der Waals surface area contributed by atoms with Gasteiger partial charge in [-0.1, -0.05) is 12.1 Å². The van der Waals surface area contributed by atoms with Gasteiger partial charge in [-0.3, -0.25) is 0 Å². The lowest BCUT2D eigenvalue weighted by molar-refractivity contribution is 0.172. The largest absolute Gasteiger partial charge is 0.495 e. The Balaban J connectivity index is 1.60. The third-order valence-corrected chi connectivity index (χ3v) is 4.19. The number of thiocarbonyl (C=S) groups is 1. The lowest BCUT2D eigenvalue weighted by Crippen LogP contribution is -2.15. The number of rotatable bonds is 3.